The van der Waals surface area contributed by atoms with Gasteiger partial charge in [0.2, 0.25) is 11.8 Å². The second-order valence-corrected chi connectivity index (χ2v) is 18.3. The van der Waals surface area contributed by atoms with Crippen LogP contribution >= 0.6 is 40.4 Å². The number of hydrogen-bond acceptors (Lipinski definition) is 10. The molecule has 0 heterocycles. The third kappa shape index (κ3) is 13.9. The third-order valence-electron chi connectivity index (χ3n) is 6.15. The first-order valence-electron chi connectivity index (χ1n) is 14.3. The van der Waals surface area contributed by atoms with Gasteiger partial charge in [-0.3, -0.25) is 0 Å². The number of para-hydroxylation sites is 1. The number of nitriles is 1. The summed E-state index contributed by atoms with van der Waals surface area (Å²) in [5, 5.41) is 12.3. The number of nitrogens with zero attached hydrogens (tertiary/aromatic N) is 1. The Bertz CT molecular complexity index is 1510. The van der Waals surface area contributed by atoms with Gasteiger partial charge in [0.1, 0.15) is 23.6 Å². The highest BCUT2D eigenvalue weighted by Crippen LogP contribution is 2.59. The Morgan fingerprint density at radius 3 is 2.23 bits per heavy atom. The molecular formula is C32H37ClF3N2O5PS3. The standard InChI is InChI=1S/C26H22ClF3N2O3.C6H15O2PS3/c1-16(2)24(32-22-12-11-18(14-21(22)27)26(28,29)30)25(33)35-23(15-31)17-7-6-10-20(13-17)34-19-8-4-3-5-9-19;1-4-11-5-6-12-9(10,7-2)8-3/h3-14,16,23-24,32H,1-2H3;4-6H2,1-3H3/t23?,24-;/m0./s1. The second kappa shape index (κ2) is 20.2. The van der Waals surface area contributed by atoms with Gasteiger partial charge in [0.15, 0.2) is 0 Å². The van der Waals surface area contributed by atoms with Crippen molar-refractivity contribution in [3.8, 4) is 17.6 Å². The van der Waals surface area contributed by atoms with Crippen molar-refractivity contribution in [3.63, 3.8) is 0 Å². The van der Waals surface area contributed by atoms with Crippen molar-refractivity contribution in [1.82, 2.24) is 0 Å². The molecule has 0 amide bonds. The molecule has 0 saturated heterocycles. The number of thioether (sulfide) groups is 1. The summed E-state index contributed by atoms with van der Waals surface area (Å²) in [4.78, 5) is 13.0. The van der Waals surface area contributed by atoms with E-state index in [-0.39, 0.29) is 16.6 Å². The first kappa shape index (κ1) is 40.7. The molecule has 1 N–H and O–H groups in total. The fourth-order valence-corrected chi connectivity index (χ4v) is 8.25. The van der Waals surface area contributed by atoms with E-state index in [1.807, 2.05) is 36.0 Å². The minimum absolute atomic E-state index is 0.141. The zero-order chi connectivity index (χ0) is 35.0. The van der Waals surface area contributed by atoms with Crippen LogP contribution in [0.3, 0.4) is 0 Å². The van der Waals surface area contributed by atoms with Crippen molar-refractivity contribution in [2.24, 2.45) is 5.92 Å². The van der Waals surface area contributed by atoms with Crippen molar-refractivity contribution in [2.75, 3.05) is 36.8 Å². The quantitative estimate of drug-likeness (QED) is 0.0920. The lowest BCUT2D eigenvalue weighted by molar-refractivity contribution is -0.149. The maximum Gasteiger partial charge on any atom is 0.416 e. The van der Waals surface area contributed by atoms with E-state index in [4.69, 9.17) is 41.9 Å². The molecule has 47 heavy (non-hydrogen) atoms. The molecule has 2 atom stereocenters. The molecule has 0 saturated carbocycles. The molecule has 0 bridgehead atoms. The Hall–Kier alpha value is -2.43. The van der Waals surface area contributed by atoms with Crippen LogP contribution < -0.4 is 10.1 Å². The molecule has 0 radical (unpaired) electrons. The summed E-state index contributed by atoms with van der Waals surface area (Å²) >= 11 is 14.7. The summed E-state index contributed by atoms with van der Waals surface area (Å²) in [7, 11) is 3.23. The number of nitrogens with one attached hydrogen (secondary N) is 1. The number of halogens is 4. The summed E-state index contributed by atoms with van der Waals surface area (Å²) in [6.07, 6.45) is -5.77. The molecular weight excluding hydrogens is 712 g/mol. The number of rotatable bonds is 15. The van der Waals surface area contributed by atoms with E-state index < -0.39 is 35.5 Å². The lowest BCUT2D eigenvalue weighted by atomic mass is 10.0. The summed E-state index contributed by atoms with van der Waals surface area (Å²) in [5.41, 5.74) is -2.34. The normalized spacial score (nSPS) is 12.7. The number of anilines is 1. The minimum atomic E-state index is -4.54. The van der Waals surface area contributed by atoms with Crippen LogP contribution in [0, 0.1) is 17.2 Å². The van der Waals surface area contributed by atoms with Gasteiger partial charge >= 0.3 is 12.1 Å². The van der Waals surface area contributed by atoms with Crippen LogP contribution in [0.1, 0.15) is 38.0 Å². The van der Waals surface area contributed by atoms with Gasteiger partial charge in [-0.15, -0.1) is 0 Å². The summed E-state index contributed by atoms with van der Waals surface area (Å²) < 4.78 is 60.2. The van der Waals surface area contributed by atoms with Crippen molar-refractivity contribution >= 4 is 63.9 Å². The van der Waals surface area contributed by atoms with E-state index in [2.05, 4.69) is 12.2 Å². The van der Waals surface area contributed by atoms with Crippen LogP contribution in [0.2, 0.25) is 5.02 Å². The van der Waals surface area contributed by atoms with Crippen LogP contribution in [0.5, 0.6) is 11.5 Å². The van der Waals surface area contributed by atoms with Gasteiger partial charge in [-0.25, -0.2) is 4.79 Å². The maximum absolute atomic E-state index is 13.0. The van der Waals surface area contributed by atoms with E-state index in [1.54, 1.807) is 75.8 Å². The molecule has 3 rings (SSSR count). The molecule has 0 aromatic heterocycles. The molecule has 0 fully saturated rings. The number of ether oxygens (including phenoxy) is 2. The zero-order valence-electron chi connectivity index (χ0n) is 26.5. The van der Waals surface area contributed by atoms with E-state index in [0.717, 1.165) is 35.5 Å². The predicted molar refractivity (Wildman–Crippen MR) is 190 cm³/mol. The lowest BCUT2D eigenvalue weighted by Crippen LogP contribution is -2.36. The van der Waals surface area contributed by atoms with Crippen LogP contribution in [0.15, 0.2) is 72.8 Å². The van der Waals surface area contributed by atoms with E-state index >= 15 is 0 Å². The second-order valence-electron chi connectivity index (χ2n) is 9.83. The Kier molecular flexibility index (Phi) is 17.5. The largest absolute Gasteiger partial charge is 0.457 e. The molecule has 0 aliphatic heterocycles. The Morgan fingerprint density at radius 1 is 1.02 bits per heavy atom. The highest BCUT2D eigenvalue weighted by atomic mass is 35.5. The number of esters is 1. The van der Waals surface area contributed by atoms with Crippen molar-refractivity contribution < 1.29 is 36.5 Å². The topological polar surface area (TPSA) is 89.8 Å². The first-order chi connectivity index (χ1) is 22.3. The Morgan fingerprint density at radius 2 is 1.68 bits per heavy atom. The highest BCUT2D eigenvalue weighted by molar-refractivity contribution is 8.68. The molecule has 256 valence electrons. The van der Waals surface area contributed by atoms with Gasteiger partial charge in [-0.1, -0.05) is 74.1 Å². The fraction of sp³-hybridized carbons (Fsp3) is 0.375. The van der Waals surface area contributed by atoms with E-state index in [1.165, 1.54) is 0 Å². The summed E-state index contributed by atoms with van der Waals surface area (Å²) in [6.45, 7) is 5.61. The van der Waals surface area contributed by atoms with Crippen LogP contribution in [0.25, 0.3) is 0 Å². The molecule has 7 nitrogen and oxygen atoms in total. The predicted octanol–water partition coefficient (Wildman–Crippen LogP) is 10.4. The number of carbonyl (C=O) groups is 1. The van der Waals surface area contributed by atoms with Crippen molar-refractivity contribution in [3.05, 3.63) is 88.9 Å². The van der Waals surface area contributed by atoms with Gasteiger partial charge in [0, 0.05) is 31.3 Å². The van der Waals surface area contributed by atoms with Crippen LogP contribution in [-0.2, 0) is 36.6 Å². The first-order valence-corrected chi connectivity index (χ1v) is 20.0. The fourth-order valence-electron chi connectivity index (χ4n) is 3.73. The number of alkyl halides is 3. The van der Waals surface area contributed by atoms with Gasteiger partial charge in [0.25, 0.3) is 0 Å². The highest BCUT2D eigenvalue weighted by Gasteiger charge is 2.32. The zero-order valence-corrected chi connectivity index (χ0v) is 30.6. The molecule has 15 heteroatoms. The van der Waals surface area contributed by atoms with Gasteiger partial charge in [0.05, 0.1) is 16.3 Å². The molecule has 0 aliphatic rings. The monoisotopic (exact) mass is 748 g/mol. The number of hydrogen-bond donors (Lipinski definition) is 1. The molecule has 3 aromatic rings. The van der Waals surface area contributed by atoms with Crippen LogP contribution in [0.4, 0.5) is 18.9 Å². The number of benzene rings is 3. The average Bonchev–Trinajstić information content (AvgIpc) is 3.05. The number of carbonyl (C=O) groups excluding carboxylic acids is 1. The summed E-state index contributed by atoms with van der Waals surface area (Å²) in [5.74, 6) is 3.27. The van der Waals surface area contributed by atoms with Gasteiger partial charge < -0.3 is 23.8 Å². The molecule has 3 aromatic carbocycles. The average molecular weight is 749 g/mol. The molecule has 0 aliphatic carbocycles. The lowest BCUT2D eigenvalue weighted by Gasteiger charge is -2.24. The molecule has 0 spiro atoms. The smallest absolute Gasteiger partial charge is 0.416 e. The SMILES string of the molecule is CC(C)[C@H](Nc1ccc(C(F)(F)F)cc1Cl)C(=O)OC(C#N)c1cccc(Oc2ccccc2)c1.CCSCCSP(=S)(OC)OC. The Labute approximate surface area is 292 Å². The third-order valence-corrected chi connectivity index (χ3v) is 13.5. The van der Waals surface area contributed by atoms with Crippen molar-refractivity contribution in [2.45, 2.75) is 39.1 Å². The van der Waals surface area contributed by atoms with Crippen molar-refractivity contribution in [1.29, 1.82) is 5.26 Å². The maximum atomic E-state index is 13.0. The van der Waals surface area contributed by atoms with Gasteiger partial charge in [-0.2, -0.15) is 30.2 Å². The minimum Gasteiger partial charge on any atom is -0.457 e. The Balaban J connectivity index is 0.000000544. The van der Waals surface area contributed by atoms with E-state index in [9.17, 15) is 23.2 Å². The van der Waals surface area contributed by atoms with Gasteiger partial charge in [-0.05, 0) is 65.9 Å². The van der Waals surface area contributed by atoms with E-state index in [0.29, 0.717) is 17.1 Å². The van der Waals surface area contributed by atoms with Crippen LogP contribution in [-0.4, -0.2) is 43.5 Å². The summed E-state index contributed by atoms with van der Waals surface area (Å²) in [6, 6.07) is 19.4. The molecule has 1 unspecified atom stereocenters.